The molecule has 0 fully saturated rings. The van der Waals surface area contributed by atoms with Crippen molar-refractivity contribution < 1.29 is 9.59 Å². The maximum atomic E-state index is 11.8. The van der Waals surface area contributed by atoms with Gasteiger partial charge in [0.2, 0.25) is 5.91 Å². The lowest BCUT2D eigenvalue weighted by atomic mass is 10.1. The second-order valence-electron chi connectivity index (χ2n) is 4.26. The predicted octanol–water partition coefficient (Wildman–Crippen LogP) is 3.52. The number of thiophene rings is 1. The van der Waals surface area contributed by atoms with E-state index in [1.165, 1.54) is 11.8 Å². The third kappa shape index (κ3) is 4.03. The standard InChI is InChI=1S/C15H15NO2S/c1-11(17)12-4-6-13(7-5-12)16-15(18)9-8-14-3-2-10-19-14/h2-7,10H,8-9H2,1H3,(H,16,18). The summed E-state index contributed by atoms with van der Waals surface area (Å²) in [6, 6.07) is 11.0. The molecule has 1 aromatic heterocycles. The molecular weight excluding hydrogens is 258 g/mol. The number of rotatable bonds is 5. The molecule has 0 bridgehead atoms. The fraction of sp³-hybridized carbons (Fsp3) is 0.200. The van der Waals surface area contributed by atoms with Gasteiger partial charge in [0, 0.05) is 22.5 Å². The first kappa shape index (κ1) is 13.5. The Morgan fingerprint density at radius 2 is 1.89 bits per heavy atom. The smallest absolute Gasteiger partial charge is 0.224 e. The van der Waals surface area contributed by atoms with Crippen LogP contribution in [0, 0.1) is 0 Å². The Labute approximate surface area is 116 Å². The summed E-state index contributed by atoms with van der Waals surface area (Å²) in [6.45, 7) is 1.52. The maximum Gasteiger partial charge on any atom is 0.224 e. The Morgan fingerprint density at radius 1 is 1.16 bits per heavy atom. The molecule has 0 radical (unpaired) electrons. The van der Waals surface area contributed by atoms with Crippen LogP contribution in [0.5, 0.6) is 0 Å². The van der Waals surface area contributed by atoms with E-state index in [1.54, 1.807) is 35.6 Å². The first-order chi connectivity index (χ1) is 9.15. The van der Waals surface area contributed by atoms with Gasteiger partial charge in [-0.2, -0.15) is 0 Å². The maximum absolute atomic E-state index is 11.8. The molecule has 1 amide bonds. The molecule has 1 aromatic carbocycles. The number of hydrogen-bond donors (Lipinski definition) is 1. The van der Waals surface area contributed by atoms with Crippen molar-refractivity contribution in [3.05, 3.63) is 52.2 Å². The zero-order valence-corrected chi connectivity index (χ0v) is 11.5. The highest BCUT2D eigenvalue weighted by Crippen LogP contribution is 2.13. The Bertz CT molecular complexity index is 558. The molecule has 2 rings (SSSR count). The van der Waals surface area contributed by atoms with Gasteiger partial charge < -0.3 is 5.32 Å². The van der Waals surface area contributed by atoms with Crippen molar-refractivity contribution in [3.63, 3.8) is 0 Å². The minimum atomic E-state index is -0.0102. The normalized spacial score (nSPS) is 10.2. The number of ketones is 1. The van der Waals surface area contributed by atoms with E-state index >= 15 is 0 Å². The summed E-state index contributed by atoms with van der Waals surface area (Å²) in [5, 5.41) is 4.83. The lowest BCUT2D eigenvalue weighted by Gasteiger charge is -2.05. The summed E-state index contributed by atoms with van der Waals surface area (Å²) in [4.78, 5) is 24.1. The lowest BCUT2D eigenvalue weighted by Crippen LogP contribution is -2.12. The fourth-order valence-electron chi connectivity index (χ4n) is 1.70. The van der Waals surface area contributed by atoms with Crippen LogP contribution in [-0.4, -0.2) is 11.7 Å². The van der Waals surface area contributed by atoms with E-state index in [-0.39, 0.29) is 11.7 Å². The van der Waals surface area contributed by atoms with E-state index < -0.39 is 0 Å². The molecule has 0 aliphatic rings. The highest BCUT2D eigenvalue weighted by atomic mass is 32.1. The number of Topliss-reactive ketones (excluding diaryl/α,β-unsaturated/α-hetero) is 1. The molecule has 0 aliphatic carbocycles. The second kappa shape index (κ2) is 6.29. The summed E-state index contributed by atoms with van der Waals surface area (Å²) in [5.74, 6) is 0.0135. The minimum Gasteiger partial charge on any atom is -0.326 e. The predicted molar refractivity (Wildman–Crippen MR) is 77.7 cm³/mol. The summed E-state index contributed by atoms with van der Waals surface area (Å²) < 4.78 is 0. The second-order valence-corrected chi connectivity index (χ2v) is 5.29. The van der Waals surface area contributed by atoms with Crippen molar-refractivity contribution in [3.8, 4) is 0 Å². The van der Waals surface area contributed by atoms with Gasteiger partial charge in [0.1, 0.15) is 0 Å². The van der Waals surface area contributed by atoms with E-state index in [1.807, 2.05) is 17.5 Å². The Kier molecular flexibility index (Phi) is 4.47. The third-order valence-electron chi connectivity index (χ3n) is 2.75. The first-order valence-corrected chi connectivity index (χ1v) is 6.96. The summed E-state index contributed by atoms with van der Waals surface area (Å²) in [5.41, 5.74) is 1.37. The van der Waals surface area contributed by atoms with Crippen molar-refractivity contribution in [2.75, 3.05) is 5.32 Å². The Hall–Kier alpha value is -1.94. The number of nitrogens with one attached hydrogen (secondary N) is 1. The topological polar surface area (TPSA) is 46.2 Å². The minimum absolute atomic E-state index is 0.0102. The van der Waals surface area contributed by atoms with Gasteiger partial charge in [0.25, 0.3) is 0 Å². The molecular formula is C15H15NO2S. The highest BCUT2D eigenvalue weighted by molar-refractivity contribution is 7.09. The molecule has 1 heterocycles. The van der Waals surface area contributed by atoms with Gasteiger partial charge in [-0.1, -0.05) is 6.07 Å². The third-order valence-corrected chi connectivity index (χ3v) is 3.69. The van der Waals surface area contributed by atoms with Crippen molar-refractivity contribution >= 4 is 28.7 Å². The van der Waals surface area contributed by atoms with Gasteiger partial charge in [0.05, 0.1) is 0 Å². The lowest BCUT2D eigenvalue weighted by molar-refractivity contribution is -0.116. The molecule has 4 heteroatoms. The van der Waals surface area contributed by atoms with E-state index in [0.717, 1.165) is 12.1 Å². The van der Waals surface area contributed by atoms with Gasteiger partial charge in [-0.15, -0.1) is 11.3 Å². The monoisotopic (exact) mass is 273 g/mol. The van der Waals surface area contributed by atoms with Crippen LogP contribution in [0.1, 0.15) is 28.6 Å². The van der Waals surface area contributed by atoms with Gasteiger partial charge in [-0.3, -0.25) is 9.59 Å². The zero-order valence-electron chi connectivity index (χ0n) is 10.7. The first-order valence-electron chi connectivity index (χ1n) is 6.08. The summed E-state index contributed by atoms with van der Waals surface area (Å²) in [7, 11) is 0. The summed E-state index contributed by atoms with van der Waals surface area (Å²) >= 11 is 1.66. The van der Waals surface area contributed by atoms with Crippen molar-refractivity contribution in [1.29, 1.82) is 0 Å². The highest BCUT2D eigenvalue weighted by Gasteiger charge is 2.04. The largest absolute Gasteiger partial charge is 0.326 e. The fourth-order valence-corrected chi connectivity index (χ4v) is 2.41. The van der Waals surface area contributed by atoms with Crippen molar-refractivity contribution in [2.24, 2.45) is 0 Å². The molecule has 0 spiro atoms. The Balaban J connectivity index is 1.86. The van der Waals surface area contributed by atoms with Gasteiger partial charge >= 0.3 is 0 Å². The van der Waals surface area contributed by atoms with Crippen LogP contribution >= 0.6 is 11.3 Å². The molecule has 1 N–H and O–H groups in total. The zero-order chi connectivity index (χ0) is 13.7. The molecule has 0 atom stereocenters. The van der Waals surface area contributed by atoms with Gasteiger partial charge in [-0.05, 0) is 49.1 Å². The van der Waals surface area contributed by atoms with Crippen LogP contribution in [0.25, 0.3) is 0 Å². The molecule has 0 aliphatic heterocycles. The van der Waals surface area contributed by atoms with Crippen molar-refractivity contribution in [2.45, 2.75) is 19.8 Å². The van der Waals surface area contributed by atoms with Gasteiger partial charge in [0.15, 0.2) is 5.78 Å². The molecule has 19 heavy (non-hydrogen) atoms. The Morgan fingerprint density at radius 3 is 2.47 bits per heavy atom. The average molecular weight is 273 g/mol. The average Bonchev–Trinajstić information content (AvgIpc) is 2.90. The summed E-state index contributed by atoms with van der Waals surface area (Å²) in [6.07, 6.45) is 1.23. The van der Waals surface area contributed by atoms with E-state index in [9.17, 15) is 9.59 Å². The quantitative estimate of drug-likeness (QED) is 0.847. The number of anilines is 1. The van der Waals surface area contributed by atoms with E-state index in [2.05, 4.69) is 5.32 Å². The number of carbonyl (C=O) groups excluding carboxylic acids is 2. The molecule has 2 aromatic rings. The number of amides is 1. The SMILES string of the molecule is CC(=O)c1ccc(NC(=O)CCc2cccs2)cc1. The number of hydrogen-bond acceptors (Lipinski definition) is 3. The van der Waals surface area contributed by atoms with Crippen LogP contribution in [0.3, 0.4) is 0 Å². The van der Waals surface area contributed by atoms with Crippen LogP contribution in [0.2, 0.25) is 0 Å². The number of carbonyl (C=O) groups is 2. The molecule has 0 saturated carbocycles. The van der Waals surface area contributed by atoms with Crippen LogP contribution in [-0.2, 0) is 11.2 Å². The molecule has 0 unspecified atom stereocenters. The van der Waals surface area contributed by atoms with Crippen molar-refractivity contribution in [1.82, 2.24) is 0 Å². The molecule has 0 saturated heterocycles. The number of benzene rings is 1. The molecule has 3 nitrogen and oxygen atoms in total. The van der Waals surface area contributed by atoms with Crippen LogP contribution in [0.4, 0.5) is 5.69 Å². The number of aryl methyl sites for hydroxylation is 1. The van der Waals surface area contributed by atoms with E-state index in [0.29, 0.717) is 12.0 Å². The van der Waals surface area contributed by atoms with Crippen LogP contribution in [0.15, 0.2) is 41.8 Å². The van der Waals surface area contributed by atoms with E-state index in [4.69, 9.17) is 0 Å². The molecule has 98 valence electrons. The van der Waals surface area contributed by atoms with Gasteiger partial charge in [-0.25, -0.2) is 0 Å². The van der Waals surface area contributed by atoms with Crippen LogP contribution < -0.4 is 5.32 Å².